The summed E-state index contributed by atoms with van der Waals surface area (Å²) in [7, 11) is 1.30. The molecule has 7 nitrogen and oxygen atoms in total. The van der Waals surface area contributed by atoms with Crippen LogP contribution in [0.1, 0.15) is 13.3 Å². The Balaban J connectivity index is 2.11. The molecule has 0 radical (unpaired) electrons. The first-order chi connectivity index (χ1) is 10.5. The maximum Gasteiger partial charge on any atom is 0.307 e. The van der Waals surface area contributed by atoms with Gasteiger partial charge in [-0.15, -0.1) is 0 Å². The number of methoxy groups -OCH3 is 1. The van der Waals surface area contributed by atoms with E-state index in [0.717, 1.165) is 0 Å². The van der Waals surface area contributed by atoms with Crippen LogP contribution >= 0.6 is 0 Å². The molecule has 1 aromatic heterocycles. The van der Waals surface area contributed by atoms with Gasteiger partial charge in [0.1, 0.15) is 6.54 Å². The second-order valence-corrected chi connectivity index (χ2v) is 4.93. The summed E-state index contributed by atoms with van der Waals surface area (Å²) in [5, 5.41) is 7.18. The number of nitrogens with zero attached hydrogens (tertiary/aromatic N) is 2. The van der Waals surface area contributed by atoms with E-state index in [1.807, 2.05) is 0 Å². The van der Waals surface area contributed by atoms with Gasteiger partial charge in [0.15, 0.2) is 0 Å². The Bertz CT molecular complexity index is 754. The third-order valence-corrected chi connectivity index (χ3v) is 3.16. The Morgan fingerprint density at radius 2 is 2.09 bits per heavy atom. The Morgan fingerprint density at radius 1 is 1.36 bits per heavy atom. The standard InChI is InChI=1S/C15H17N3O4/c1-10(7-15(21)22-2)17-14(20)9-18-12-6-4-3-5-11(12)13(19)8-16-18/h3-6,8,10H,7,9H2,1-2H3,(H,17,20)/t10-/m0/s1. The number of para-hydroxylation sites is 1. The molecule has 2 aromatic rings. The van der Waals surface area contributed by atoms with Gasteiger partial charge in [0.05, 0.1) is 25.2 Å². The van der Waals surface area contributed by atoms with E-state index < -0.39 is 0 Å². The number of hydrogen-bond acceptors (Lipinski definition) is 5. The van der Waals surface area contributed by atoms with E-state index in [1.165, 1.54) is 18.0 Å². The molecule has 1 atom stereocenters. The Morgan fingerprint density at radius 3 is 2.82 bits per heavy atom. The minimum absolute atomic E-state index is 0.0354. The molecule has 1 amide bonds. The number of carbonyl (C=O) groups is 2. The number of nitrogens with one attached hydrogen (secondary N) is 1. The lowest BCUT2D eigenvalue weighted by Gasteiger charge is -2.14. The summed E-state index contributed by atoms with van der Waals surface area (Å²) in [6.07, 6.45) is 1.29. The molecule has 2 rings (SSSR count). The Kier molecular flexibility index (Phi) is 4.88. The maximum absolute atomic E-state index is 12.0. The molecule has 0 fully saturated rings. The first-order valence-electron chi connectivity index (χ1n) is 6.82. The predicted molar refractivity (Wildman–Crippen MR) is 80.2 cm³/mol. The number of rotatable bonds is 5. The lowest BCUT2D eigenvalue weighted by atomic mass is 10.2. The van der Waals surface area contributed by atoms with Gasteiger partial charge in [-0.3, -0.25) is 19.1 Å². The van der Waals surface area contributed by atoms with E-state index >= 15 is 0 Å². The van der Waals surface area contributed by atoms with Crippen molar-refractivity contribution in [1.82, 2.24) is 15.1 Å². The molecule has 0 unspecified atom stereocenters. The van der Waals surface area contributed by atoms with Crippen LogP contribution in [0.3, 0.4) is 0 Å². The number of fused-ring (bicyclic) bond motifs is 1. The molecule has 1 N–H and O–H groups in total. The number of carbonyl (C=O) groups excluding carboxylic acids is 2. The minimum atomic E-state index is -0.389. The molecule has 0 aliphatic carbocycles. The zero-order valence-corrected chi connectivity index (χ0v) is 12.4. The van der Waals surface area contributed by atoms with Gasteiger partial charge in [-0.2, -0.15) is 5.10 Å². The number of benzene rings is 1. The van der Waals surface area contributed by atoms with E-state index in [2.05, 4.69) is 15.2 Å². The van der Waals surface area contributed by atoms with Crippen molar-refractivity contribution in [3.05, 3.63) is 40.7 Å². The summed E-state index contributed by atoms with van der Waals surface area (Å²) in [6.45, 7) is 1.68. The summed E-state index contributed by atoms with van der Waals surface area (Å²) >= 11 is 0. The van der Waals surface area contributed by atoms with Crippen molar-refractivity contribution in [3.8, 4) is 0 Å². The lowest BCUT2D eigenvalue weighted by molar-refractivity contribution is -0.141. The first-order valence-corrected chi connectivity index (χ1v) is 6.82. The van der Waals surface area contributed by atoms with Gasteiger partial charge in [-0.05, 0) is 19.1 Å². The summed E-state index contributed by atoms with van der Waals surface area (Å²) in [5.74, 6) is -0.683. The van der Waals surface area contributed by atoms with E-state index in [4.69, 9.17) is 0 Å². The van der Waals surface area contributed by atoms with Gasteiger partial charge in [-0.25, -0.2) is 0 Å². The number of amides is 1. The van der Waals surface area contributed by atoms with Gasteiger partial charge in [0, 0.05) is 11.4 Å². The lowest BCUT2D eigenvalue weighted by Crippen LogP contribution is -2.37. The summed E-state index contributed by atoms with van der Waals surface area (Å²) in [4.78, 5) is 34.9. The fourth-order valence-corrected chi connectivity index (χ4v) is 2.13. The number of ether oxygens (including phenoxy) is 1. The zero-order valence-electron chi connectivity index (χ0n) is 12.4. The average molecular weight is 303 g/mol. The Labute approximate surface area is 126 Å². The molecule has 116 valence electrons. The normalized spacial score (nSPS) is 11.9. The van der Waals surface area contributed by atoms with Gasteiger partial charge >= 0.3 is 5.97 Å². The maximum atomic E-state index is 12.0. The van der Waals surface area contributed by atoms with Gasteiger partial charge in [0.2, 0.25) is 11.3 Å². The third-order valence-electron chi connectivity index (χ3n) is 3.16. The third kappa shape index (κ3) is 3.69. The van der Waals surface area contributed by atoms with Crippen molar-refractivity contribution in [2.24, 2.45) is 0 Å². The van der Waals surface area contributed by atoms with Gasteiger partial charge < -0.3 is 10.1 Å². The minimum Gasteiger partial charge on any atom is -0.469 e. The average Bonchev–Trinajstić information content (AvgIpc) is 2.50. The molecular formula is C15H17N3O4. The van der Waals surface area contributed by atoms with Crippen LogP contribution < -0.4 is 10.7 Å². The van der Waals surface area contributed by atoms with Crippen molar-refractivity contribution < 1.29 is 14.3 Å². The van der Waals surface area contributed by atoms with Crippen molar-refractivity contribution in [1.29, 1.82) is 0 Å². The van der Waals surface area contributed by atoms with Crippen LogP contribution in [0.2, 0.25) is 0 Å². The van der Waals surface area contributed by atoms with Crippen LogP contribution in [-0.4, -0.2) is 34.8 Å². The molecule has 0 aliphatic rings. The summed E-state index contributed by atoms with van der Waals surface area (Å²) < 4.78 is 6.00. The van der Waals surface area contributed by atoms with Gasteiger partial charge in [-0.1, -0.05) is 12.1 Å². The fourth-order valence-electron chi connectivity index (χ4n) is 2.13. The summed E-state index contributed by atoms with van der Waals surface area (Å²) in [6, 6.07) is 6.61. The predicted octanol–water partition coefficient (Wildman–Crippen LogP) is 0.464. The smallest absolute Gasteiger partial charge is 0.307 e. The van der Waals surface area contributed by atoms with Crippen LogP contribution in [0.15, 0.2) is 35.3 Å². The highest BCUT2D eigenvalue weighted by Crippen LogP contribution is 2.07. The fraction of sp³-hybridized carbons (Fsp3) is 0.333. The monoisotopic (exact) mass is 303 g/mol. The molecule has 7 heteroatoms. The molecule has 0 aliphatic heterocycles. The zero-order chi connectivity index (χ0) is 16.1. The van der Waals surface area contributed by atoms with E-state index in [1.54, 1.807) is 31.2 Å². The van der Waals surface area contributed by atoms with E-state index in [0.29, 0.717) is 10.9 Å². The molecule has 1 heterocycles. The van der Waals surface area contributed by atoms with E-state index in [-0.39, 0.29) is 36.3 Å². The highest BCUT2D eigenvalue weighted by Gasteiger charge is 2.13. The molecular weight excluding hydrogens is 286 g/mol. The molecule has 0 saturated carbocycles. The highest BCUT2D eigenvalue weighted by molar-refractivity contribution is 5.82. The number of hydrogen-bond donors (Lipinski definition) is 1. The van der Waals surface area contributed by atoms with Crippen LogP contribution in [0, 0.1) is 0 Å². The molecule has 0 bridgehead atoms. The molecule has 0 spiro atoms. The van der Waals surface area contributed by atoms with E-state index in [9.17, 15) is 14.4 Å². The molecule has 1 aromatic carbocycles. The van der Waals surface area contributed by atoms with Crippen molar-refractivity contribution in [2.75, 3.05) is 7.11 Å². The Hall–Kier alpha value is -2.70. The highest BCUT2D eigenvalue weighted by atomic mass is 16.5. The van der Waals surface area contributed by atoms with Crippen LogP contribution in [-0.2, 0) is 20.9 Å². The van der Waals surface area contributed by atoms with Crippen molar-refractivity contribution >= 4 is 22.8 Å². The van der Waals surface area contributed by atoms with Gasteiger partial charge in [0.25, 0.3) is 0 Å². The number of aromatic nitrogens is 2. The SMILES string of the molecule is COC(=O)C[C@H](C)NC(=O)Cn1ncc(=O)c2ccccc21. The molecule has 0 saturated heterocycles. The quantitative estimate of drug-likeness (QED) is 0.811. The van der Waals surface area contributed by atoms with Crippen LogP contribution in [0.25, 0.3) is 10.9 Å². The largest absolute Gasteiger partial charge is 0.469 e. The van der Waals surface area contributed by atoms with Crippen LogP contribution in [0.4, 0.5) is 0 Å². The van der Waals surface area contributed by atoms with Crippen LogP contribution in [0.5, 0.6) is 0 Å². The molecule has 22 heavy (non-hydrogen) atoms. The second-order valence-electron chi connectivity index (χ2n) is 4.93. The summed E-state index contributed by atoms with van der Waals surface area (Å²) in [5.41, 5.74) is 0.400. The van der Waals surface area contributed by atoms with Crippen molar-refractivity contribution in [3.63, 3.8) is 0 Å². The van der Waals surface area contributed by atoms with Crippen molar-refractivity contribution in [2.45, 2.75) is 25.9 Å². The second kappa shape index (κ2) is 6.84. The topological polar surface area (TPSA) is 90.3 Å². The first kappa shape index (κ1) is 15.7. The number of esters is 1.